The van der Waals surface area contributed by atoms with Crippen LogP contribution in [0.1, 0.15) is 97.3 Å². The number of likely N-dealkylation sites (tertiary alicyclic amines) is 2. The van der Waals surface area contributed by atoms with Crippen molar-refractivity contribution in [2.24, 2.45) is 34.5 Å². The van der Waals surface area contributed by atoms with Gasteiger partial charge in [0.05, 0.1) is 12.2 Å². The van der Waals surface area contributed by atoms with Crippen LogP contribution in [-0.4, -0.2) is 70.5 Å². The molecule has 4 aliphatic carbocycles. The summed E-state index contributed by atoms with van der Waals surface area (Å²) in [6.07, 6.45) is 16.4. The zero-order valence-electron chi connectivity index (χ0n) is 21.4. The van der Waals surface area contributed by atoms with Gasteiger partial charge in [-0.1, -0.05) is 26.7 Å². The van der Waals surface area contributed by atoms with Gasteiger partial charge in [-0.3, -0.25) is 9.80 Å². The molecular formula is C29H50N2O2. The second-order valence-electron chi connectivity index (χ2n) is 13.7. The minimum atomic E-state index is -0.138. The number of piperidine rings is 2. The van der Waals surface area contributed by atoms with E-state index in [-0.39, 0.29) is 17.6 Å². The molecule has 0 aromatic heterocycles. The third-order valence-corrected chi connectivity index (χ3v) is 12.4. The van der Waals surface area contributed by atoms with Gasteiger partial charge in [-0.15, -0.1) is 0 Å². The number of aliphatic hydroxyl groups excluding tert-OH is 2. The summed E-state index contributed by atoms with van der Waals surface area (Å²) in [5, 5.41) is 22.8. The highest BCUT2D eigenvalue weighted by Crippen LogP contribution is 2.66. The maximum Gasteiger partial charge on any atom is 0.0751 e. The number of hydrogen-bond donors (Lipinski definition) is 2. The van der Waals surface area contributed by atoms with Gasteiger partial charge in [0.2, 0.25) is 0 Å². The molecule has 0 aromatic rings. The number of hydrogen-bond acceptors (Lipinski definition) is 4. The van der Waals surface area contributed by atoms with Crippen molar-refractivity contribution in [1.29, 1.82) is 0 Å². The lowest BCUT2D eigenvalue weighted by molar-refractivity contribution is -0.154. The lowest BCUT2D eigenvalue weighted by Crippen LogP contribution is -2.60. The quantitative estimate of drug-likeness (QED) is 0.631. The summed E-state index contributed by atoms with van der Waals surface area (Å²) in [6, 6.07) is 0.785. The van der Waals surface area contributed by atoms with E-state index in [1.54, 1.807) is 0 Å². The smallest absolute Gasteiger partial charge is 0.0751 e. The van der Waals surface area contributed by atoms with Gasteiger partial charge in [0.15, 0.2) is 0 Å². The van der Waals surface area contributed by atoms with Crippen LogP contribution in [-0.2, 0) is 0 Å². The van der Waals surface area contributed by atoms with Gasteiger partial charge in [0.25, 0.3) is 0 Å². The summed E-state index contributed by atoms with van der Waals surface area (Å²) < 4.78 is 0. The first-order valence-electron chi connectivity index (χ1n) is 14.8. The predicted molar refractivity (Wildman–Crippen MR) is 133 cm³/mol. The van der Waals surface area contributed by atoms with E-state index < -0.39 is 0 Å². The first-order chi connectivity index (χ1) is 15.9. The number of fused-ring (bicyclic) bond motifs is 5. The summed E-state index contributed by atoms with van der Waals surface area (Å²) >= 11 is 0. The molecule has 2 aliphatic heterocycles. The monoisotopic (exact) mass is 458 g/mol. The van der Waals surface area contributed by atoms with Crippen molar-refractivity contribution in [3.63, 3.8) is 0 Å². The van der Waals surface area contributed by atoms with Gasteiger partial charge in [0, 0.05) is 12.1 Å². The molecule has 4 saturated carbocycles. The highest BCUT2D eigenvalue weighted by molar-refractivity contribution is 5.14. The third kappa shape index (κ3) is 3.67. The van der Waals surface area contributed by atoms with E-state index in [9.17, 15) is 10.2 Å². The van der Waals surface area contributed by atoms with Gasteiger partial charge in [-0.2, -0.15) is 0 Å². The molecule has 2 saturated heterocycles. The number of aliphatic hydroxyl groups is 2. The third-order valence-electron chi connectivity index (χ3n) is 12.4. The molecule has 4 nitrogen and oxygen atoms in total. The first-order valence-corrected chi connectivity index (χ1v) is 14.8. The molecular weight excluding hydrogens is 408 g/mol. The average Bonchev–Trinajstić information content (AvgIpc) is 3.11. The van der Waals surface area contributed by atoms with Crippen LogP contribution in [0.25, 0.3) is 0 Å². The predicted octanol–water partition coefficient (Wildman–Crippen LogP) is 4.68. The van der Waals surface area contributed by atoms with Crippen molar-refractivity contribution in [3.8, 4) is 0 Å². The second kappa shape index (κ2) is 8.75. The largest absolute Gasteiger partial charge is 0.391 e. The molecule has 5 unspecified atom stereocenters. The van der Waals surface area contributed by atoms with Crippen molar-refractivity contribution in [2.45, 2.75) is 122 Å². The fraction of sp³-hybridized carbons (Fsp3) is 1.00. The van der Waals surface area contributed by atoms with E-state index in [2.05, 4.69) is 23.6 Å². The van der Waals surface area contributed by atoms with Crippen LogP contribution in [0.2, 0.25) is 0 Å². The van der Waals surface area contributed by atoms with Crippen LogP contribution in [0.5, 0.6) is 0 Å². The van der Waals surface area contributed by atoms with Gasteiger partial charge in [0.1, 0.15) is 0 Å². The molecule has 6 fully saturated rings. The highest BCUT2D eigenvalue weighted by atomic mass is 16.3. The molecule has 0 aromatic carbocycles. The van der Waals surface area contributed by atoms with Crippen LogP contribution in [0.4, 0.5) is 0 Å². The van der Waals surface area contributed by atoms with Crippen LogP contribution in [0.3, 0.4) is 0 Å². The molecule has 6 aliphatic rings. The Morgan fingerprint density at radius 3 is 1.97 bits per heavy atom. The van der Waals surface area contributed by atoms with E-state index in [1.807, 2.05) is 0 Å². The van der Waals surface area contributed by atoms with Crippen LogP contribution in [0, 0.1) is 34.5 Å². The van der Waals surface area contributed by atoms with Gasteiger partial charge >= 0.3 is 0 Å². The first kappa shape index (κ1) is 23.3. The molecule has 10 atom stereocenters. The SMILES string of the molecule is C[C@]12CC(N3CCCCC3)C(O)CC1CC[C@@H]1[C@H]2CC[C@]2(C)C(O)C(N3CCCCC3)C[C@@H]12. The Hall–Kier alpha value is -0.160. The average molecular weight is 459 g/mol. The van der Waals surface area contributed by atoms with Crippen molar-refractivity contribution >= 4 is 0 Å². The normalized spacial score (nSPS) is 53.8. The summed E-state index contributed by atoms with van der Waals surface area (Å²) in [6.45, 7) is 9.88. The molecule has 0 amide bonds. The Kier molecular flexibility index (Phi) is 6.16. The van der Waals surface area contributed by atoms with Crippen molar-refractivity contribution in [1.82, 2.24) is 9.80 Å². The lowest BCUT2D eigenvalue weighted by atomic mass is 9.44. The van der Waals surface area contributed by atoms with Crippen molar-refractivity contribution in [3.05, 3.63) is 0 Å². The Morgan fingerprint density at radius 1 is 0.667 bits per heavy atom. The summed E-state index contributed by atoms with van der Waals surface area (Å²) in [5.41, 5.74) is 0.493. The van der Waals surface area contributed by atoms with E-state index >= 15 is 0 Å². The zero-order chi connectivity index (χ0) is 22.8. The lowest BCUT2D eigenvalue weighted by Gasteiger charge is -2.62. The molecule has 188 valence electrons. The Labute approximate surface area is 202 Å². The van der Waals surface area contributed by atoms with E-state index in [0.29, 0.717) is 29.3 Å². The molecule has 6 rings (SSSR count). The minimum Gasteiger partial charge on any atom is -0.391 e. The van der Waals surface area contributed by atoms with E-state index in [4.69, 9.17) is 0 Å². The topological polar surface area (TPSA) is 46.9 Å². The molecule has 0 radical (unpaired) electrons. The zero-order valence-corrected chi connectivity index (χ0v) is 21.4. The standard InChI is InChI=1S/C29H50N2O2/c1-28-12-11-22-21(23(28)18-24(27(28)33)30-13-5-3-6-14-30)10-9-20-17-26(32)25(19-29(20,22)2)31-15-7-4-8-16-31/h20-27,32-33H,3-19H2,1-2H3/t20?,21-,22-,23+,24?,25?,26?,27?,28+,29+/m1/s1. The maximum absolute atomic E-state index is 11.6. The molecule has 0 bridgehead atoms. The van der Waals surface area contributed by atoms with E-state index in [0.717, 1.165) is 18.3 Å². The Bertz CT molecular complexity index is 704. The van der Waals surface area contributed by atoms with E-state index in [1.165, 1.54) is 103 Å². The van der Waals surface area contributed by atoms with Gasteiger partial charge in [-0.25, -0.2) is 0 Å². The number of rotatable bonds is 2. The van der Waals surface area contributed by atoms with Gasteiger partial charge in [-0.05, 0) is 131 Å². The van der Waals surface area contributed by atoms with Crippen LogP contribution >= 0.6 is 0 Å². The molecule has 2 N–H and O–H groups in total. The fourth-order valence-corrected chi connectivity index (χ4v) is 10.5. The molecule has 33 heavy (non-hydrogen) atoms. The Balaban J connectivity index is 1.24. The summed E-state index contributed by atoms with van der Waals surface area (Å²) in [4.78, 5) is 5.33. The van der Waals surface area contributed by atoms with Gasteiger partial charge < -0.3 is 10.2 Å². The van der Waals surface area contributed by atoms with Crippen LogP contribution in [0.15, 0.2) is 0 Å². The fourth-order valence-electron chi connectivity index (χ4n) is 10.5. The van der Waals surface area contributed by atoms with Crippen LogP contribution < -0.4 is 0 Å². The second-order valence-corrected chi connectivity index (χ2v) is 13.7. The Morgan fingerprint density at radius 2 is 1.30 bits per heavy atom. The summed E-state index contributed by atoms with van der Waals surface area (Å²) in [7, 11) is 0. The van der Waals surface area contributed by atoms with Crippen molar-refractivity contribution < 1.29 is 10.2 Å². The maximum atomic E-state index is 11.6. The summed E-state index contributed by atoms with van der Waals surface area (Å²) in [5.74, 6) is 2.97. The van der Waals surface area contributed by atoms with Crippen molar-refractivity contribution in [2.75, 3.05) is 26.2 Å². The minimum absolute atomic E-state index is 0.118. The molecule has 4 heteroatoms. The number of nitrogens with zero attached hydrogens (tertiary/aromatic N) is 2. The highest BCUT2D eigenvalue weighted by Gasteiger charge is 2.63. The molecule has 0 spiro atoms. The molecule has 2 heterocycles.